The van der Waals surface area contributed by atoms with Crippen LogP contribution in [0.5, 0.6) is 0 Å². The molecule has 7 heteroatoms. The predicted molar refractivity (Wildman–Crippen MR) is 81.5 cm³/mol. The van der Waals surface area contributed by atoms with Crippen LogP contribution in [0.4, 0.5) is 5.69 Å². The average Bonchev–Trinajstić information content (AvgIpc) is 2.48. The van der Waals surface area contributed by atoms with Crippen molar-refractivity contribution in [2.24, 2.45) is 5.10 Å². The van der Waals surface area contributed by atoms with Crippen molar-refractivity contribution < 1.29 is 14.8 Å². The Morgan fingerprint density at radius 1 is 1.32 bits per heavy atom. The van der Waals surface area contributed by atoms with E-state index in [1.54, 1.807) is 12.1 Å². The second-order valence-electron chi connectivity index (χ2n) is 5.60. The smallest absolute Gasteiger partial charge is 0.269 e. The van der Waals surface area contributed by atoms with E-state index in [4.69, 9.17) is 0 Å². The van der Waals surface area contributed by atoms with Crippen molar-refractivity contribution in [2.45, 2.75) is 44.1 Å². The summed E-state index contributed by atoms with van der Waals surface area (Å²) in [6.07, 6.45) is 5.73. The second-order valence-corrected chi connectivity index (χ2v) is 5.60. The molecule has 0 spiro atoms. The van der Waals surface area contributed by atoms with Gasteiger partial charge in [-0.05, 0) is 30.5 Å². The number of carbonyl (C=O) groups excluding carboxylic acids is 1. The third kappa shape index (κ3) is 4.63. The fourth-order valence-electron chi connectivity index (χ4n) is 2.59. The number of nitrogens with one attached hydrogen (secondary N) is 1. The lowest BCUT2D eigenvalue weighted by Gasteiger charge is -2.30. The molecule has 7 nitrogen and oxygen atoms in total. The molecule has 1 aliphatic carbocycles. The van der Waals surface area contributed by atoms with E-state index in [2.05, 4.69) is 10.5 Å². The summed E-state index contributed by atoms with van der Waals surface area (Å²) in [6.45, 7) is 0. The van der Waals surface area contributed by atoms with E-state index in [0.29, 0.717) is 18.4 Å². The van der Waals surface area contributed by atoms with Crippen LogP contribution in [0.2, 0.25) is 0 Å². The van der Waals surface area contributed by atoms with Gasteiger partial charge in [0.05, 0.1) is 23.2 Å². The van der Waals surface area contributed by atoms with Crippen LogP contribution in [0, 0.1) is 10.1 Å². The first-order chi connectivity index (χ1) is 10.5. The number of hydrogen-bond donors (Lipinski definition) is 2. The number of nitro groups is 1. The molecule has 1 aromatic rings. The molecule has 118 valence electrons. The highest BCUT2D eigenvalue weighted by Crippen LogP contribution is 2.30. The maximum absolute atomic E-state index is 11.8. The molecule has 2 rings (SSSR count). The first-order valence-electron chi connectivity index (χ1n) is 7.27. The average molecular weight is 305 g/mol. The first-order valence-corrected chi connectivity index (χ1v) is 7.27. The summed E-state index contributed by atoms with van der Waals surface area (Å²) in [5, 5.41) is 24.6. The van der Waals surface area contributed by atoms with Gasteiger partial charge in [0.25, 0.3) is 5.69 Å². The molecule has 1 aromatic carbocycles. The van der Waals surface area contributed by atoms with Crippen molar-refractivity contribution in [3.8, 4) is 0 Å². The molecule has 0 aliphatic heterocycles. The number of benzene rings is 1. The summed E-state index contributed by atoms with van der Waals surface area (Å²) in [4.78, 5) is 21.8. The summed E-state index contributed by atoms with van der Waals surface area (Å²) >= 11 is 0. The zero-order valence-electron chi connectivity index (χ0n) is 12.2. The van der Waals surface area contributed by atoms with E-state index in [0.717, 1.165) is 19.3 Å². The Bertz CT molecular complexity index is 563. The Balaban J connectivity index is 1.83. The number of nitrogens with zero attached hydrogens (tertiary/aromatic N) is 2. The van der Waals surface area contributed by atoms with Gasteiger partial charge in [0.15, 0.2) is 0 Å². The normalized spacial score (nSPS) is 17.3. The Labute approximate surface area is 128 Å². The van der Waals surface area contributed by atoms with E-state index in [1.807, 2.05) is 0 Å². The lowest BCUT2D eigenvalue weighted by molar-refractivity contribution is -0.384. The molecular weight excluding hydrogens is 286 g/mol. The van der Waals surface area contributed by atoms with Crippen LogP contribution >= 0.6 is 0 Å². The zero-order valence-corrected chi connectivity index (χ0v) is 12.2. The van der Waals surface area contributed by atoms with Crippen LogP contribution in [-0.4, -0.2) is 27.8 Å². The van der Waals surface area contributed by atoms with Gasteiger partial charge in [-0.25, -0.2) is 5.43 Å². The number of hydrogen-bond acceptors (Lipinski definition) is 5. The van der Waals surface area contributed by atoms with Crippen LogP contribution in [0.1, 0.15) is 44.1 Å². The molecule has 0 aromatic heterocycles. The van der Waals surface area contributed by atoms with Gasteiger partial charge in [-0.3, -0.25) is 14.9 Å². The van der Waals surface area contributed by atoms with Gasteiger partial charge in [0.1, 0.15) is 0 Å². The number of carbonyl (C=O) groups is 1. The van der Waals surface area contributed by atoms with Crippen LogP contribution in [0.15, 0.2) is 29.4 Å². The number of amides is 1. The number of aliphatic hydroxyl groups is 1. The molecule has 0 atom stereocenters. The molecule has 1 aliphatic rings. The minimum atomic E-state index is -0.911. The Morgan fingerprint density at radius 3 is 2.55 bits per heavy atom. The van der Waals surface area contributed by atoms with E-state index >= 15 is 0 Å². The zero-order chi connectivity index (χ0) is 16.0. The fraction of sp³-hybridized carbons (Fsp3) is 0.467. The monoisotopic (exact) mass is 305 g/mol. The number of rotatable bonds is 5. The largest absolute Gasteiger partial charge is 0.389 e. The Kier molecular flexibility index (Phi) is 5.21. The van der Waals surface area contributed by atoms with Gasteiger partial charge in [-0.15, -0.1) is 0 Å². The Morgan fingerprint density at radius 2 is 1.95 bits per heavy atom. The predicted octanol–water partition coefficient (Wildman–Crippen LogP) is 2.13. The third-order valence-electron chi connectivity index (χ3n) is 3.78. The van der Waals surface area contributed by atoms with E-state index in [-0.39, 0.29) is 18.0 Å². The molecule has 0 bridgehead atoms. The fourth-order valence-corrected chi connectivity index (χ4v) is 2.59. The summed E-state index contributed by atoms with van der Waals surface area (Å²) in [5.74, 6) is -0.331. The third-order valence-corrected chi connectivity index (χ3v) is 3.78. The van der Waals surface area contributed by atoms with Gasteiger partial charge >= 0.3 is 0 Å². The minimum absolute atomic E-state index is 0.000654. The summed E-state index contributed by atoms with van der Waals surface area (Å²) < 4.78 is 0. The lowest BCUT2D eigenvalue weighted by Crippen LogP contribution is -2.37. The van der Waals surface area contributed by atoms with Crippen LogP contribution in [-0.2, 0) is 4.79 Å². The Hall–Kier alpha value is -2.28. The van der Waals surface area contributed by atoms with Crippen molar-refractivity contribution in [1.82, 2.24) is 5.43 Å². The molecule has 0 unspecified atom stereocenters. The topological polar surface area (TPSA) is 105 Å². The van der Waals surface area contributed by atoms with Crippen molar-refractivity contribution in [2.75, 3.05) is 0 Å². The number of hydrazone groups is 1. The van der Waals surface area contributed by atoms with Crippen LogP contribution in [0.25, 0.3) is 0 Å². The van der Waals surface area contributed by atoms with Gasteiger partial charge in [-0.1, -0.05) is 19.3 Å². The van der Waals surface area contributed by atoms with Gasteiger partial charge in [0.2, 0.25) is 5.91 Å². The van der Waals surface area contributed by atoms with E-state index in [9.17, 15) is 20.0 Å². The van der Waals surface area contributed by atoms with Crippen molar-refractivity contribution in [3.05, 3.63) is 39.9 Å². The van der Waals surface area contributed by atoms with E-state index < -0.39 is 10.5 Å². The summed E-state index contributed by atoms with van der Waals surface area (Å²) in [6, 6.07) is 5.83. The maximum atomic E-state index is 11.8. The molecule has 0 saturated heterocycles. The summed E-state index contributed by atoms with van der Waals surface area (Å²) in [5.41, 5.74) is 2.11. The second kappa shape index (κ2) is 7.13. The summed E-state index contributed by atoms with van der Waals surface area (Å²) in [7, 11) is 0. The highest BCUT2D eigenvalue weighted by Gasteiger charge is 2.31. The molecule has 1 saturated carbocycles. The number of non-ortho nitro benzene ring substituents is 1. The molecule has 22 heavy (non-hydrogen) atoms. The SMILES string of the molecule is O=C(CC1(O)CCCCC1)NN=Cc1ccc([N+](=O)[O-])cc1. The van der Waals surface area contributed by atoms with Gasteiger partial charge < -0.3 is 5.11 Å². The molecule has 1 fully saturated rings. The van der Waals surface area contributed by atoms with Gasteiger partial charge in [-0.2, -0.15) is 5.10 Å². The van der Waals surface area contributed by atoms with Gasteiger partial charge in [0, 0.05) is 12.1 Å². The lowest BCUT2D eigenvalue weighted by atomic mass is 9.82. The highest BCUT2D eigenvalue weighted by molar-refractivity contribution is 5.82. The molecule has 0 heterocycles. The molecule has 2 N–H and O–H groups in total. The van der Waals surface area contributed by atoms with E-state index in [1.165, 1.54) is 18.3 Å². The minimum Gasteiger partial charge on any atom is -0.389 e. The van der Waals surface area contributed by atoms with Crippen LogP contribution in [0.3, 0.4) is 0 Å². The van der Waals surface area contributed by atoms with Crippen molar-refractivity contribution in [1.29, 1.82) is 0 Å². The van der Waals surface area contributed by atoms with Crippen molar-refractivity contribution in [3.63, 3.8) is 0 Å². The number of nitro benzene ring substituents is 1. The highest BCUT2D eigenvalue weighted by atomic mass is 16.6. The van der Waals surface area contributed by atoms with Crippen molar-refractivity contribution >= 4 is 17.8 Å². The molecule has 0 radical (unpaired) electrons. The quantitative estimate of drug-likeness (QED) is 0.494. The molecular formula is C15H19N3O4. The first kappa shape index (κ1) is 16.1. The standard InChI is InChI=1S/C15H19N3O4/c19-14(10-15(20)8-2-1-3-9-15)17-16-11-12-4-6-13(7-5-12)18(21)22/h4-7,11,20H,1-3,8-10H2,(H,17,19). The maximum Gasteiger partial charge on any atom is 0.269 e. The molecule has 1 amide bonds. The van der Waals surface area contributed by atoms with Crippen LogP contribution < -0.4 is 5.43 Å².